The molecule has 0 aliphatic carbocycles. The highest BCUT2D eigenvalue weighted by molar-refractivity contribution is 5.93. The Morgan fingerprint density at radius 1 is 1.67 bits per heavy atom. The normalized spacial score (nSPS) is 10.2. The Morgan fingerprint density at radius 2 is 2.53 bits per heavy atom. The molecular formula is C10H11N3O2. The standard InChI is InChI=1S/C10H11N3O2/c1-13-7-8(5-12-13)10(14)11-6-9-3-2-4-15-9/h2-5,7H,6H2,1H3,(H,11,14). The largest absolute Gasteiger partial charge is 0.467 e. The Labute approximate surface area is 86.7 Å². The van der Waals surface area contributed by atoms with Gasteiger partial charge < -0.3 is 9.73 Å². The van der Waals surface area contributed by atoms with Gasteiger partial charge >= 0.3 is 0 Å². The van der Waals surface area contributed by atoms with Gasteiger partial charge in [0.25, 0.3) is 5.91 Å². The molecule has 0 aliphatic heterocycles. The van der Waals surface area contributed by atoms with Crippen molar-refractivity contribution in [2.24, 2.45) is 7.05 Å². The second-order valence-corrected chi connectivity index (χ2v) is 3.16. The van der Waals surface area contributed by atoms with Crippen molar-refractivity contribution in [3.05, 3.63) is 42.1 Å². The highest BCUT2D eigenvalue weighted by Gasteiger charge is 2.07. The van der Waals surface area contributed by atoms with Gasteiger partial charge in [-0.25, -0.2) is 0 Å². The summed E-state index contributed by atoms with van der Waals surface area (Å²) in [5.41, 5.74) is 0.545. The molecular weight excluding hydrogens is 194 g/mol. The summed E-state index contributed by atoms with van der Waals surface area (Å²) in [7, 11) is 1.77. The van der Waals surface area contributed by atoms with Gasteiger partial charge in [-0.2, -0.15) is 5.10 Å². The molecule has 5 heteroatoms. The Balaban J connectivity index is 1.93. The minimum Gasteiger partial charge on any atom is -0.467 e. The van der Waals surface area contributed by atoms with E-state index in [1.807, 2.05) is 6.07 Å². The number of aryl methyl sites for hydroxylation is 1. The van der Waals surface area contributed by atoms with Crippen LogP contribution in [0.5, 0.6) is 0 Å². The number of rotatable bonds is 3. The van der Waals surface area contributed by atoms with Crippen molar-refractivity contribution >= 4 is 5.91 Å². The van der Waals surface area contributed by atoms with Crippen molar-refractivity contribution in [1.29, 1.82) is 0 Å². The van der Waals surface area contributed by atoms with E-state index in [1.54, 1.807) is 30.3 Å². The van der Waals surface area contributed by atoms with Crippen LogP contribution in [0.2, 0.25) is 0 Å². The van der Waals surface area contributed by atoms with E-state index in [4.69, 9.17) is 4.42 Å². The van der Waals surface area contributed by atoms with E-state index in [0.717, 1.165) is 5.76 Å². The van der Waals surface area contributed by atoms with Crippen molar-refractivity contribution in [3.63, 3.8) is 0 Å². The van der Waals surface area contributed by atoms with Crippen molar-refractivity contribution in [1.82, 2.24) is 15.1 Å². The summed E-state index contributed by atoms with van der Waals surface area (Å²) in [6.07, 6.45) is 4.76. The molecule has 15 heavy (non-hydrogen) atoms. The minimum atomic E-state index is -0.153. The SMILES string of the molecule is Cn1cc(C(=O)NCc2ccco2)cn1. The van der Waals surface area contributed by atoms with Crippen molar-refractivity contribution in [2.75, 3.05) is 0 Å². The fourth-order valence-electron chi connectivity index (χ4n) is 1.22. The monoisotopic (exact) mass is 205 g/mol. The minimum absolute atomic E-state index is 0.153. The fourth-order valence-corrected chi connectivity index (χ4v) is 1.22. The molecule has 0 aromatic carbocycles. The predicted molar refractivity (Wildman–Crippen MR) is 53.1 cm³/mol. The van der Waals surface area contributed by atoms with Crippen LogP contribution >= 0.6 is 0 Å². The third-order valence-corrected chi connectivity index (χ3v) is 1.97. The average Bonchev–Trinajstić information content (AvgIpc) is 2.84. The van der Waals surface area contributed by atoms with Crippen molar-refractivity contribution in [3.8, 4) is 0 Å². The number of hydrogen-bond donors (Lipinski definition) is 1. The molecule has 0 spiro atoms. The van der Waals surface area contributed by atoms with Crippen LogP contribution in [-0.2, 0) is 13.6 Å². The van der Waals surface area contributed by atoms with E-state index in [-0.39, 0.29) is 5.91 Å². The average molecular weight is 205 g/mol. The van der Waals surface area contributed by atoms with Crippen molar-refractivity contribution in [2.45, 2.75) is 6.54 Å². The van der Waals surface area contributed by atoms with Crippen LogP contribution in [0.25, 0.3) is 0 Å². The van der Waals surface area contributed by atoms with Gasteiger partial charge in [-0.05, 0) is 12.1 Å². The fraction of sp³-hybridized carbons (Fsp3) is 0.200. The van der Waals surface area contributed by atoms with Crippen LogP contribution in [0.15, 0.2) is 35.2 Å². The lowest BCUT2D eigenvalue weighted by Crippen LogP contribution is -2.22. The Hall–Kier alpha value is -2.04. The smallest absolute Gasteiger partial charge is 0.254 e. The molecule has 2 heterocycles. The molecule has 0 saturated carbocycles. The van der Waals surface area contributed by atoms with Crippen molar-refractivity contribution < 1.29 is 9.21 Å². The van der Waals surface area contributed by atoms with Crippen LogP contribution in [0, 0.1) is 0 Å². The number of carbonyl (C=O) groups excluding carboxylic acids is 1. The summed E-state index contributed by atoms with van der Waals surface area (Å²) in [5.74, 6) is 0.576. The van der Waals surface area contributed by atoms with E-state index in [9.17, 15) is 4.79 Å². The van der Waals surface area contributed by atoms with Gasteiger partial charge in [0.15, 0.2) is 0 Å². The number of hydrogen-bond acceptors (Lipinski definition) is 3. The summed E-state index contributed by atoms with van der Waals surface area (Å²) in [6, 6.07) is 3.59. The van der Waals surface area contributed by atoms with E-state index in [0.29, 0.717) is 12.1 Å². The van der Waals surface area contributed by atoms with Crippen LogP contribution < -0.4 is 5.32 Å². The molecule has 2 rings (SSSR count). The molecule has 0 bridgehead atoms. The second-order valence-electron chi connectivity index (χ2n) is 3.16. The van der Waals surface area contributed by atoms with Crippen LogP contribution in [0.3, 0.4) is 0 Å². The van der Waals surface area contributed by atoms with Crippen LogP contribution in [0.1, 0.15) is 16.1 Å². The molecule has 2 aromatic rings. The van der Waals surface area contributed by atoms with Gasteiger partial charge in [-0.15, -0.1) is 0 Å². The first-order chi connectivity index (χ1) is 7.25. The van der Waals surface area contributed by atoms with Gasteiger partial charge in [0.2, 0.25) is 0 Å². The molecule has 0 saturated heterocycles. The Bertz CT molecular complexity index is 445. The van der Waals surface area contributed by atoms with Gasteiger partial charge in [-0.3, -0.25) is 9.48 Å². The topological polar surface area (TPSA) is 60.1 Å². The number of furan rings is 1. The molecule has 2 aromatic heterocycles. The lowest BCUT2D eigenvalue weighted by Gasteiger charge is -1.99. The lowest BCUT2D eigenvalue weighted by molar-refractivity contribution is 0.0948. The lowest BCUT2D eigenvalue weighted by atomic mass is 10.3. The first-order valence-corrected chi connectivity index (χ1v) is 4.55. The number of nitrogens with one attached hydrogen (secondary N) is 1. The first-order valence-electron chi connectivity index (χ1n) is 4.55. The summed E-state index contributed by atoms with van der Waals surface area (Å²) < 4.78 is 6.67. The summed E-state index contributed by atoms with van der Waals surface area (Å²) >= 11 is 0. The zero-order valence-electron chi connectivity index (χ0n) is 8.30. The van der Waals surface area contributed by atoms with Crippen LogP contribution in [-0.4, -0.2) is 15.7 Å². The number of carbonyl (C=O) groups is 1. The van der Waals surface area contributed by atoms with Gasteiger partial charge in [0.05, 0.1) is 24.6 Å². The van der Waals surface area contributed by atoms with Gasteiger partial charge in [0.1, 0.15) is 5.76 Å². The second kappa shape index (κ2) is 4.00. The number of nitrogens with zero attached hydrogens (tertiary/aromatic N) is 2. The molecule has 0 radical (unpaired) electrons. The quantitative estimate of drug-likeness (QED) is 0.811. The maximum absolute atomic E-state index is 11.5. The highest BCUT2D eigenvalue weighted by atomic mass is 16.3. The molecule has 0 aliphatic rings. The maximum atomic E-state index is 11.5. The number of aromatic nitrogens is 2. The first kappa shape index (κ1) is 9.51. The van der Waals surface area contributed by atoms with Gasteiger partial charge in [-0.1, -0.05) is 0 Å². The zero-order valence-corrected chi connectivity index (χ0v) is 8.30. The molecule has 1 N–H and O–H groups in total. The Kier molecular flexibility index (Phi) is 2.53. The Morgan fingerprint density at radius 3 is 3.13 bits per heavy atom. The molecule has 78 valence electrons. The molecule has 5 nitrogen and oxygen atoms in total. The maximum Gasteiger partial charge on any atom is 0.254 e. The molecule has 0 atom stereocenters. The molecule has 1 amide bonds. The van der Waals surface area contributed by atoms with E-state index in [2.05, 4.69) is 10.4 Å². The molecule has 0 unspecified atom stereocenters. The third-order valence-electron chi connectivity index (χ3n) is 1.97. The van der Waals surface area contributed by atoms with Crippen LogP contribution in [0.4, 0.5) is 0 Å². The summed E-state index contributed by atoms with van der Waals surface area (Å²) in [6.45, 7) is 0.390. The highest BCUT2D eigenvalue weighted by Crippen LogP contribution is 2.00. The zero-order chi connectivity index (χ0) is 10.7. The molecule has 0 fully saturated rings. The van der Waals surface area contributed by atoms with Gasteiger partial charge in [0, 0.05) is 13.2 Å². The summed E-state index contributed by atoms with van der Waals surface area (Å²) in [4.78, 5) is 11.5. The van der Waals surface area contributed by atoms with E-state index >= 15 is 0 Å². The predicted octanol–water partition coefficient (Wildman–Crippen LogP) is 0.943. The van der Waals surface area contributed by atoms with E-state index in [1.165, 1.54) is 6.20 Å². The third kappa shape index (κ3) is 2.25. The van der Waals surface area contributed by atoms with E-state index < -0.39 is 0 Å². The number of amides is 1. The summed E-state index contributed by atoms with van der Waals surface area (Å²) in [5, 5.41) is 6.64.